The average molecular weight is 176 g/mol. The number of aryl methyl sites for hydroxylation is 1. The molecule has 0 spiro atoms. The maximum absolute atomic E-state index is 9.28. The van der Waals surface area contributed by atoms with Gasteiger partial charge in [0.25, 0.3) is 0 Å². The molecule has 0 radical (unpaired) electrons. The van der Waals surface area contributed by atoms with Crippen molar-refractivity contribution in [2.24, 2.45) is 0 Å². The molecular weight excluding hydrogens is 163 g/mol. The third kappa shape index (κ3) is 2.70. The molecule has 0 amide bonds. The number of phenolic OH excluding ortho intramolecular Hbond substituents is 2. The SMILES string of the molecule is CCCc1cccc(O)c1O.[NaH]. The Kier molecular flexibility index (Phi) is 5.38. The molecule has 0 bridgehead atoms. The first-order valence-corrected chi connectivity index (χ1v) is 3.75. The summed E-state index contributed by atoms with van der Waals surface area (Å²) in [5, 5.41) is 18.4. The molecule has 0 fully saturated rings. The van der Waals surface area contributed by atoms with Gasteiger partial charge in [0, 0.05) is 0 Å². The van der Waals surface area contributed by atoms with Gasteiger partial charge in [-0.05, 0) is 18.1 Å². The Morgan fingerprint density at radius 1 is 1.25 bits per heavy atom. The summed E-state index contributed by atoms with van der Waals surface area (Å²) in [6.07, 6.45) is 1.78. The molecule has 0 aliphatic heterocycles. The first kappa shape index (κ1) is 11.8. The van der Waals surface area contributed by atoms with Gasteiger partial charge in [-0.15, -0.1) is 0 Å². The van der Waals surface area contributed by atoms with Crippen LogP contribution in [0.1, 0.15) is 18.9 Å². The van der Waals surface area contributed by atoms with Crippen LogP contribution in [0.15, 0.2) is 18.2 Å². The van der Waals surface area contributed by atoms with E-state index in [1.165, 1.54) is 6.07 Å². The Labute approximate surface area is 94.5 Å². The Morgan fingerprint density at radius 2 is 1.92 bits per heavy atom. The molecule has 12 heavy (non-hydrogen) atoms. The van der Waals surface area contributed by atoms with Crippen LogP contribution in [-0.2, 0) is 6.42 Å². The van der Waals surface area contributed by atoms with E-state index in [2.05, 4.69) is 0 Å². The first-order valence-electron chi connectivity index (χ1n) is 3.75. The van der Waals surface area contributed by atoms with Crippen molar-refractivity contribution in [3.05, 3.63) is 23.8 Å². The second kappa shape index (κ2) is 5.46. The van der Waals surface area contributed by atoms with E-state index < -0.39 is 0 Å². The monoisotopic (exact) mass is 176 g/mol. The summed E-state index contributed by atoms with van der Waals surface area (Å²) in [6.45, 7) is 2.03. The number of benzene rings is 1. The first-order chi connectivity index (χ1) is 5.25. The molecule has 0 saturated carbocycles. The molecule has 1 aromatic rings. The molecule has 1 rings (SSSR count). The second-order valence-electron chi connectivity index (χ2n) is 2.53. The van der Waals surface area contributed by atoms with E-state index in [9.17, 15) is 5.11 Å². The molecule has 0 aliphatic carbocycles. The average Bonchev–Trinajstić information content (AvgIpc) is 1.99. The van der Waals surface area contributed by atoms with E-state index in [0.29, 0.717) is 0 Å². The fourth-order valence-corrected chi connectivity index (χ4v) is 1.05. The van der Waals surface area contributed by atoms with E-state index in [1.807, 2.05) is 13.0 Å². The van der Waals surface area contributed by atoms with E-state index >= 15 is 0 Å². The minimum absolute atomic E-state index is 0. The van der Waals surface area contributed by atoms with Crippen molar-refractivity contribution in [3.8, 4) is 11.5 Å². The van der Waals surface area contributed by atoms with Gasteiger partial charge in [0.2, 0.25) is 0 Å². The van der Waals surface area contributed by atoms with E-state index in [1.54, 1.807) is 6.07 Å². The molecule has 0 heterocycles. The van der Waals surface area contributed by atoms with Crippen LogP contribution in [0.2, 0.25) is 0 Å². The van der Waals surface area contributed by atoms with Crippen LogP contribution in [0.5, 0.6) is 11.5 Å². The van der Waals surface area contributed by atoms with Crippen LogP contribution in [0.25, 0.3) is 0 Å². The summed E-state index contributed by atoms with van der Waals surface area (Å²) in [6, 6.07) is 5.03. The zero-order valence-electron chi connectivity index (χ0n) is 6.54. The maximum atomic E-state index is 9.28. The van der Waals surface area contributed by atoms with E-state index in [4.69, 9.17) is 5.11 Å². The van der Waals surface area contributed by atoms with Crippen LogP contribution >= 0.6 is 0 Å². The van der Waals surface area contributed by atoms with Crippen LogP contribution in [-0.4, -0.2) is 39.8 Å². The molecule has 0 aromatic heterocycles. The van der Waals surface area contributed by atoms with Crippen molar-refractivity contribution < 1.29 is 10.2 Å². The fraction of sp³-hybridized carbons (Fsp3) is 0.333. The Balaban J connectivity index is 0.00000121. The quantitative estimate of drug-likeness (QED) is 0.528. The zero-order chi connectivity index (χ0) is 8.27. The summed E-state index contributed by atoms with van der Waals surface area (Å²) in [5.74, 6) is -0.00898. The molecule has 0 atom stereocenters. The van der Waals surface area contributed by atoms with Crippen molar-refractivity contribution in [1.29, 1.82) is 0 Å². The van der Waals surface area contributed by atoms with Crippen LogP contribution in [0.4, 0.5) is 0 Å². The van der Waals surface area contributed by atoms with Crippen molar-refractivity contribution in [3.63, 3.8) is 0 Å². The summed E-state index contributed by atoms with van der Waals surface area (Å²) in [4.78, 5) is 0. The Morgan fingerprint density at radius 3 is 2.50 bits per heavy atom. The van der Waals surface area contributed by atoms with Gasteiger partial charge in [0.05, 0.1) is 0 Å². The number of hydrogen-bond acceptors (Lipinski definition) is 2. The summed E-state index contributed by atoms with van der Waals surface area (Å²) in [5.41, 5.74) is 0.813. The van der Waals surface area contributed by atoms with Crippen LogP contribution in [0.3, 0.4) is 0 Å². The van der Waals surface area contributed by atoms with Gasteiger partial charge in [0.1, 0.15) is 0 Å². The second-order valence-corrected chi connectivity index (χ2v) is 2.53. The topological polar surface area (TPSA) is 40.5 Å². The van der Waals surface area contributed by atoms with E-state index in [-0.39, 0.29) is 41.1 Å². The Hall–Kier alpha value is -0.180. The standard InChI is InChI=1S/C9H12O2.Na.H/c1-2-4-7-5-3-6-8(10)9(7)11;;/h3,5-6,10-11H,2,4H2,1H3;;. The minimum atomic E-state index is -0.0315. The number of phenols is 2. The van der Waals surface area contributed by atoms with Gasteiger partial charge in [-0.2, -0.15) is 0 Å². The number of para-hydroxylation sites is 1. The number of aromatic hydroxyl groups is 2. The summed E-state index contributed by atoms with van der Waals surface area (Å²) >= 11 is 0. The van der Waals surface area contributed by atoms with Gasteiger partial charge in [-0.25, -0.2) is 0 Å². The molecule has 1 aromatic carbocycles. The van der Waals surface area contributed by atoms with Gasteiger partial charge in [0.15, 0.2) is 11.5 Å². The molecular formula is C9H13NaO2. The van der Waals surface area contributed by atoms with Crippen molar-refractivity contribution >= 4 is 29.6 Å². The third-order valence-electron chi connectivity index (χ3n) is 1.62. The number of hydrogen-bond donors (Lipinski definition) is 2. The van der Waals surface area contributed by atoms with Gasteiger partial charge >= 0.3 is 29.6 Å². The predicted octanol–water partition coefficient (Wildman–Crippen LogP) is 1.40. The van der Waals surface area contributed by atoms with Crippen molar-refractivity contribution in [2.75, 3.05) is 0 Å². The Bertz CT molecular complexity index is 248. The van der Waals surface area contributed by atoms with Crippen molar-refractivity contribution in [1.82, 2.24) is 0 Å². The van der Waals surface area contributed by atoms with Crippen molar-refractivity contribution in [2.45, 2.75) is 19.8 Å². The van der Waals surface area contributed by atoms with Gasteiger partial charge < -0.3 is 10.2 Å². The summed E-state index contributed by atoms with van der Waals surface area (Å²) < 4.78 is 0. The van der Waals surface area contributed by atoms with E-state index in [0.717, 1.165) is 18.4 Å². The number of rotatable bonds is 2. The molecule has 0 unspecified atom stereocenters. The molecule has 2 N–H and O–H groups in total. The summed E-state index contributed by atoms with van der Waals surface area (Å²) in [7, 11) is 0. The third-order valence-corrected chi connectivity index (χ3v) is 1.62. The molecule has 62 valence electrons. The fourth-order valence-electron chi connectivity index (χ4n) is 1.05. The van der Waals surface area contributed by atoms with Crippen LogP contribution in [0, 0.1) is 0 Å². The van der Waals surface area contributed by atoms with Gasteiger partial charge in [-0.1, -0.05) is 25.5 Å². The van der Waals surface area contributed by atoms with Gasteiger partial charge in [-0.3, -0.25) is 0 Å². The predicted molar refractivity (Wildman–Crippen MR) is 50.9 cm³/mol. The molecule has 2 nitrogen and oxygen atoms in total. The molecule has 0 saturated heterocycles. The zero-order valence-corrected chi connectivity index (χ0v) is 6.54. The molecule has 0 aliphatic rings. The van der Waals surface area contributed by atoms with Crippen LogP contribution < -0.4 is 0 Å². The normalized spacial score (nSPS) is 9.08. The molecule has 3 heteroatoms.